The number of halogens is 2. The van der Waals surface area contributed by atoms with Crippen LogP contribution >= 0.6 is 23.2 Å². The minimum absolute atomic E-state index is 0.170. The molecule has 102 valence electrons. The third-order valence-corrected chi connectivity index (χ3v) is 3.33. The quantitative estimate of drug-likeness (QED) is 0.870. The summed E-state index contributed by atoms with van der Waals surface area (Å²) in [7, 11) is 0. The van der Waals surface area contributed by atoms with E-state index in [1.165, 1.54) is 0 Å². The van der Waals surface area contributed by atoms with Gasteiger partial charge in [0.2, 0.25) is 5.91 Å². The molecule has 2 amide bonds. The van der Waals surface area contributed by atoms with Gasteiger partial charge in [-0.15, -0.1) is 0 Å². The third kappa shape index (κ3) is 3.08. The highest BCUT2D eigenvalue weighted by molar-refractivity contribution is 6.35. The zero-order valence-electron chi connectivity index (χ0n) is 10.5. The molecule has 1 fully saturated rings. The summed E-state index contributed by atoms with van der Waals surface area (Å²) in [5.74, 6) is -0.492. The molecular weight excluding hydrogens is 287 g/mol. The molecule has 0 radical (unpaired) electrons. The lowest BCUT2D eigenvalue weighted by atomic mass is 10.2. The van der Waals surface area contributed by atoms with Crippen LogP contribution in [0.1, 0.15) is 19.8 Å². The Kier molecular flexibility index (Phi) is 4.45. The molecule has 0 bridgehead atoms. The van der Waals surface area contributed by atoms with E-state index in [0.29, 0.717) is 22.3 Å². The number of benzene rings is 1. The van der Waals surface area contributed by atoms with Crippen molar-refractivity contribution in [2.75, 3.05) is 11.4 Å². The van der Waals surface area contributed by atoms with Gasteiger partial charge in [-0.25, -0.2) is 4.90 Å². The smallest absolute Gasteiger partial charge is 0.251 e. The van der Waals surface area contributed by atoms with Gasteiger partial charge in [-0.2, -0.15) is 0 Å². The zero-order chi connectivity index (χ0) is 14.0. The molecule has 2 rings (SSSR count). The van der Waals surface area contributed by atoms with Gasteiger partial charge in [-0.1, -0.05) is 30.1 Å². The maximum Gasteiger partial charge on any atom is 0.251 e. The van der Waals surface area contributed by atoms with Crippen LogP contribution in [0.25, 0.3) is 0 Å². The summed E-state index contributed by atoms with van der Waals surface area (Å²) >= 11 is 11.8. The highest BCUT2D eigenvalue weighted by Crippen LogP contribution is 2.29. The lowest BCUT2D eigenvalue weighted by molar-refractivity contribution is -0.121. The molecule has 1 N–H and O–H groups in total. The minimum Gasteiger partial charge on any atom is -0.305 e. The third-order valence-electron chi connectivity index (χ3n) is 2.89. The summed E-state index contributed by atoms with van der Waals surface area (Å²) in [5, 5.41) is 3.86. The Morgan fingerprint density at radius 1 is 1.26 bits per heavy atom. The molecule has 1 heterocycles. The Bertz CT molecular complexity index is 499. The van der Waals surface area contributed by atoms with E-state index in [1.54, 1.807) is 18.2 Å². The van der Waals surface area contributed by atoms with Crippen LogP contribution in [0.3, 0.4) is 0 Å². The maximum atomic E-state index is 12.2. The number of carbonyl (C=O) groups excluding carboxylic acids is 2. The molecule has 1 aromatic rings. The topological polar surface area (TPSA) is 49.4 Å². The van der Waals surface area contributed by atoms with Gasteiger partial charge in [-0.3, -0.25) is 9.59 Å². The van der Waals surface area contributed by atoms with Gasteiger partial charge in [-0.05, 0) is 31.2 Å². The lowest BCUT2D eigenvalue weighted by Crippen LogP contribution is -2.39. The van der Waals surface area contributed by atoms with Gasteiger partial charge >= 0.3 is 0 Å². The number of hydrogen-bond acceptors (Lipinski definition) is 3. The summed E-state index contributed by atoms with van der Waals surface area (Å²) in [5.41, 5.74) is 0.424. The van der Waals surface area contributed by atoms with Crippen molar-refractivity contribution in [1.29, 1.82) is 0 Å². The number of anilines is 1. The van der Waals surface area contributed by atoms with Crippen LogP contribution in [0.2, 0.25) is 10.0 Å². The predicted octanol–water partition coefficient (Wildman–Crippen LogP) is 2.62. The highest BCUT2D eigenvalue weighted by atomic mass is 35.5. The molecule has 4 nitrogen and oxygen atoms in total. The average Bonchev–Trinajstić information content (AvgIpc) is 2.60. The Labute approximate surface area is 121 Å². The van der Waals surface area contributed by atoms with Crippen molar-refractivity contribution in [3.63, 3.8) is 0 Å². The Morgan fingerprint density at radius 2 is 1.89 bits per heavy atom. The molecule has 0 aliphatic carbocycles. The number of amides is 2. The normalized spacial score (nSPS) is 19.3. The van der Waals surface area contributed by atoms with Crippen molar-refractivity contribution in [3.05, 3.63) is 28.2 Å². The molecule has 1 unspecified atom stereocenters. The molecule has 1 aliphatic rings. The fourth-order valence-corrected chi connectivity index (χ4v) is 2.56. The van der Waals surface area contributed by atoms with Gasteiger partial charge in [0.15, 0.2) is 0 Å². The first kappa shape index (κ1) is 14.3. The van der Waals surface area contributed by atoms with Crippen LogP contribution in [0.5, 0.6) is 0 Å². The molecule has 0 saturated carbocycles. The summed E-state index contributed by atoms with van der Waals surface area (Å²) in [6.45, 7) is 2.70. The summed E-state index contributed by atoms with van der Waals surface area (Å²) in [6.07, 6.45) is 1.07. The average molecular weight is 301 g/mol. The van der Waals surface area contributed by atoms with Crippen LogP contribution in [0.4, 0.5) is 5.69 Å². The predicted molar refractivity (Wildman–Crippen MR) is 75.7 cm³/mol. The molecule has 0 aromatic heterocycles. The van der Waals surface area contributed by atoms with Crippen molar-refractivity contribution in [3.8, 4) is 0 Å². The van der Waals surface area contributed by atoms with Crippen molar-refractivity contribution < 1.29 is 9.59 Å². The standard InChI is InChI=1S/C13H14Cl2N2O2/c1-2-3-16-11-7-12(18)17(13(11)19)10-5-8(14)4-9(15)6-10/h4-6,11,16H,2-3,7H2,1H3. The van der Waals surface area contributed by atoms with Crippen molar-refractivity contribution in [2.45, 2.75) is 25.8 Å². The fourth-order valence-electron chi connectivity index (χ4n) is 2.05. The molecule has 0 spiro atoms. The lowest BCUT2D eigenvalue weighted by Gasteiger charge is -2.16. The van der Waals surface area contributed by atoms with Crippen molar-refractivity contribution >= 4 is 40.7 Å². The summed E-state index contributed by atoms with van der Waals surface area (Å²) in [6, 6.07) is 4.23. The van der Waals surface area contributed by atoms with E-state index in [2.05, 4.69) is 5.32 Å². The Balaban J connectivity index is 2.24. The van der Waals surface area contributed by atoms with Crippen LogP contribution in [0, 0.1) is 0 Å². The van der Waals surface area contributed by atoms with E-state index >= 15 is 0 Å². The molecule has 1 atom stereocenters. The van der Waals surface area contributed by atoms with Crippen LogP contribution in [-0.2, 0) is 9.59 Å². The highest BCUT2D eigenvalue weighted by Gasteiger charge is 2.39. The zero-order valence-corrected chi connectivity index (χ0v) is 12.0. The molecule has 1 saturated heterocycles. The van der Waals surface area contributed by atoms with Gasteiger partial charge < -0.3 is 5.32 Å². The Hall–Kier alpha value is -1.10. The Morgan fingerprint density at radius 3 is 2.47 bits per heavy atom. The first-order valence-electron chi connectivity index (χ1n) is 6.09. The number of rotatable bonds is 4. The van der Waals surface area contributed by atoms with Crippen LogP contribution in [0.15, 0.2) is 18.2 Å². The molecular formula is C13H14Cl2N2O2. The maximum absolute atomic E-state index is 12.2. The number of carbonyl (C=O) groups is 2. The van der Waals surface area contributed by atoms with E-state index in [1.807, 2.05) is 6.92 Å². The second-order valence-corrected chi connectivity index (χ2v) is 5.28. The van der Waals surface area contributed by atoms with Gasteiger partial charge in [0.05, 0.1) is 18.2 Å². The molecule has 1 aliphatic heterocycles. The van der Waals surface area contributed by atoms with Crippen molar-refractivity contribution in [1.82, 2.24) is 5.32 Å². The van der Waals surface area contributed by atoms with E-state index in [9.17, 15) is 9.59 Å². The monoisotopic (exact) mass is 300 g/mol. The van der Waals surface area contributed by atoms with Gasteiger partial charge in [0, 0.05) is 10.0 Å². The van der Waals surface area contributed by atoms with Crippen LogP contribution in [-0.4, -0.2) is 24.4 Å². The summed E-state index contributed by atoms with van der Waals surface area (Å²) < 4.78 is 0. The number of nitrogens with one attached hydrogen (secondary N) is 1. The summed E-state index contributed by atoms with van der Waals surface area (Å²) in [4.78, 5) is 25.3. The fraction of sp³-hybridized carbons (Fsp3) is 0.385. The number of imide groups is 1. The van der Waals surface area contributed by atoms with Crippen molar-refractivity contribution in [2.24, 2.45) is 0 Å². The number of hydrogen-bond donors (Lipinski definition) is 1. The molecule has 6 heteroatoms. The van der Waals surface area contributed by atoms with Gasteiger partial charge in [0.1, 0.15) is 0 Å². The molecule has 1 aromatic carbocycles. The van der Waals surface area contributed by atoms with E-state index in [-0.39, 0.29) is 18.2 Å². The second kappa shape index (κ2) is 5.90. The molecule has 19 heavy (non-hydrogen) atoms. The number of nitrogens with zero attached hydrogens (tertiary/aromatic N) is 1. The van der Waals surface area contributed by atoms with Gasteiger partial charge in [0.25, 0.3) is 5.91 Å². The first-order chi connectivity index (χ1) is 9.02. The van der Waals surface area contributed by atoms with Crippen LogP contribution < -0.4 is 10.2 Å². The second-order valence-electron chi connectivity index (χ2n) is 4.41. The first-order valence-corrected chi connectivity index (χ1v) is 6.84. The SMILES string of the molecule is CCCNC1CC(=O)N(c2cc(Cl)cc(Cl)c2)C1=O. The van der Waals surface area contributed by atoms with E-state index in [0.717, 1.165) is 11.3 Å². The van der Waals surface area contributed by atoms with E-state index < -0.39 is 6.04 Å². The largest absolute Gasteiger partial charge is 0.305 e. The minimum atomic E-state index is -0.454. The van der Waals surface area contributed by atoms with E-state index in [4.69, 9.17) is 23.2 Å².